The van der Waals surface area contributed by atoms with E-state index < -0.39 is 0 Å². The van der Waals surface area contributed by atoms with Gasteiger partial charge in [0.25, 0.3) is 11.5 Å². The molecule has 10 heteroatoms. The van der Waals surface area contributed by atoms with Gasteiger partial charge < -0.3 is 5.32 Å². The van der Waals surface area contributed by atoms with Crippen LogP contribution in [0.15, 0.2) is 64.3 Å². The molecule has 1 N–H and O–H groups in total. The smallest absolute Gasteiger partial charge is 0.264 e. The van der Waals surface area contributed by atoms with Crippen LogP contribution in [-0.2, 0) is 13.1 Å². The molecule has 0 fully saturated rings. The van der Waals surface area contributed by atoms with Crippen LogP contribution in [0.3, 0.4) is 0 Å². The molecule has 0 aliphatic rings. The number of carbonyl (C=O) groups excluding carboxylic acids is 1. The van der Waals surface area contributed by atoms with Crippen LogP contribution < -0.4 is 10.9 Å². The number of nitrogens with zero attached hydrogens (tertiary/aromatic N) is 4. The second-order valence-electron chi connectivity index (χ2n) is 6.75. The topological polar surface area (TPSA) is 81.8 Å². The van der Waals surface area contributed by atoms with Crippen LogP contribution >= 0.6 is 27.5 Å². The molecule has 31 heavy (non-hydrogen) atoms. The van der Waals surface area contributed by atoms with Gasteiger partial charge in [0.1, 0.15) is 17.5 Å². The largest absolute Gasteiger partial charge is 0.350 e. The fourth-order valence-corrected chi connectivity index (χ4v) is 3.69. The lowest BCUT2D eigenvalue weighted by Crippen LogP contribution is -2.28. The average Bonchev–Trinajstić information content (AvgIpc) is 3.17. The van der Waals surface area contributed by atoms with E-state index >= 15 is 0 Å². The minimum absolute atomic E-state index is 0.0725. The van der Waals surface area contributed by atoms with Crippen LogP contribution in [0.4, 0.5) is 4.39 Å². The van der Waals surface area contributed by atoms with E-state index in [9.17, 15) is 14.0 Å². The zero-order valence-corrected chi connectivity index (χ0v) is 18.4. The van der Waals surface area contributed by atoms with Crippen LogP contribution in [-0.4, -0.2) is 31.8 Å². The van der Waals surface area contributed by atoms with E-state index in [4.69, 9.17) is 11.6 Å². The van der Waals surface area contributed by atoms with Crippen LogP contribution in [0.25, 0.3) is 11.0 Å². The van der Waals surface area contributed by atoms with Crippen molar-refractivity contribution in [2.45, 2.75) is 13.1 Å². The van der Waals surface area contributed by atoms with E-state index in [-0.39, 0.29) is 30.4 Å². The normalized spacial score (nSPS) is 11.1. The monoisotopic (exact) mass is 503 g/mol. The third-order valence-electron chi connectivity index (χ3n) is 4.70. The summed E-state index contributed by atoms with van der Waals surface area (Å²) in [4.78, 5) is 29.4. The Kier molecular flexibility index (Phi) is 6.15. The number of rotatable bonds is 6. The molecule has 158 valence electrons. The first-order valence-electron chi connectivity index (χ1n) is 9.31. The van der Waals surface area contributed by atoms with Crippen molar-refractivity contribution in [3.63, 3.8) is 0 Å². The van der Waals surface area contributed by atoms with Crippen LogP contribution in [0.5, 0.6) is 0 Å². The molecule has 0 unspecified atom stereocenters. The lowest BCUT2D eigenvalue weighted by molar-refractivity contribution is 0.0952. The summed E-state index contributed by atoms with van der Waals surface area (Å²) in [5, 5.41) is 7.65. The van der Waals surface area contributed by atoms with Gasteiger partial charge >= 0.3 is 0 Å². The standard InChI is InChI=1S/C21H16BrClFN5O2/c22-14-5-6-17(23)15(9-14)20(30)25-7-8-29-19-16(10-27-29)21(31)28(12-26-19)11-13-3-1-2-4-18(13)24/h1-6,9-10,12H,7-8,11H2,(H,25,30). The summed E-state index contributed by atoms with van der Waals surface area (Å²) in [7, 11) is 0. The number of halogens is 3. The molecule has 4 aromatic rings. The number of hydrogen-bond acceptors (Lipinski definition) is 4. The van der Waals surface area contributed by atoms with Crippen molar-refractivity contribution in [3.8, 4) is 0 Å². The van der Waals surface area contributed by atoms with E-state index in [0.29, 0.717) is 33.7 Å². The Labute approximate surface area is 189 Å². The summed E-state index contributed by atoms with van der Waals surface area (Å²) < 4.78 is 17.5. The number of nitrogens with one attached hydrogen (secondary N) is 1. The molecule has 0 atom stereocenters. The minimum atomic E-state index is -0.383. The van der Waals surface area contributed by atoms with Crippen molar-refractivity contribution in [2.75, 3.05) is 6.54 Å². The summed E-state index contributed by atoms with van der Waals surface area (Å²) in [6.45, 7) is 0.645. The highest BCUT2D eigenvalue weighted by molar-refractivity contribution is 9.10. The molecule has 0 saturated carbocycles. The fraction of sp³-hybridized carbons (Fsp3) is 0.143. The van der Waals surface area contributed by atoms with Crippen LogP contribution in [0.1, 0.15) is 15.9 Å². The molecule has 7 nitrogen and oxygen atoms in total. The Hall–Kier alpha value is -3.04. The average molecular weight is 505 g/mol. The SMILES string of the molecule is O=C(NCCn1ncc2c(=O)n(Cc3ccccc3F)cnc21)c1cc(Br)ccc1Cl. The van der Waals surface area contributed by atoms with E-state index in [2.05, 4.69) is 31.3 Å². The lowest BCUT2D eigenvalue weighted by Gasteiger charge is -2.09. The molecular formula is C21H16BrClFN5O2. The minimum Gasteiger partial charge on any atom is -0.350 e. The van der Waals surface area contributed by atoms with Gasteiger partial charge in [0, 0.05) is 16.6 Å². The Morgan fingerprint density at radius 2 is 2.03 bits per heavy atom. The van der Waals surface area contributed by atoms with Gasteiger partial charge in [-0.25, -0.2) is 14.1 Å². The lowest BCUT2D eigenvalue weighted by atomic mass is 10.2. The quantitative estimate of drug-likeness (QED) is 0.435. The van der Waals surface area contributed by atoms with E-state index in [0.717, 1.165) is 4.47 Å². The first-order valence-corrected chi connectivity index (χ1v) is 10.5. The fourth-order valence-electron chi connectivity index (χ4n) is 3.13. The molecule has 0 spiro atoms. The molecule has 4 rings (SSSR count). The van der Waals surface area contributed by atoms with Crippen LogP contribution in [0.2, 0.25) is 5.02 Å². The summed E-state index contributed by atoms with van der Waals surface area (Å²) in [5.41, 5.74) is 0.830. The second kappa shape index (κ2) is 8.99. The molecule has 0 aliphatic heterocycles. The third kappa shape index (κ3) is 4.52. The highest BCUT2D eigenvalue weighted by Crippen LogP contribution is 2.20. The number of fused-ring (bicyclic) bond motifs is 1. The first kappa shape index (κ1) is 21.2. The van der Waals surface area contributed by atoms with Gasteiger partial charge in [0.15, 0.2) is 5.65 Å². The van der Waals surface area contributed by atoms with Crippen LogP contribution in [0, 0.1) is 5.82 Å². The van der Waals surface area contributed by atoms with Gasteiger partial charge in [-0.05, 0) is 24.3 Å². The van der Waals surface area contributed by atoms with Crippen molar-refractivity contribution < 1.29 is 9.18 Å². The molecule has 2 aromatic heterocycles. The molecule has 0 bridgehead atoms. The van der Waals surface area contributed by atoms with Crippen molar-refractivity contribution in [1.82, 2.24) is 24.6 Å². The molecule has 2 heterocycles. The van der Waals surface area contributed by atoms with Gasteiger partial charge in [-0.15, -0.1) is 0 Å². The predicted octanol–water partition coefficient (Wildman–Crippen LogP) is 3.63. The Bertz CT molecular complexity index is 1340. The number of carbonyl (C=O) groups is 1. The van der Waals surface area contributed by atoms with Crippen molar-refractivity contribution >= 4 is 44.5 Å². The number of hydrogen-bond donors (Lipinski definition) is 1. The molecule has 1 amide bonds. The third-order valence-corrected chi connectivity index (χ3v) is 5.53. The Balaban J connectivity index is 1.48. The zero-order valence-electron chi connectivity index (χ0n) is 16.1. The highest BCUT2D eigenvalue weighted by atomic mass is 79.9. The Morgan fingerprint density at radius 3 is 2.84 bits per heavy atom. The first-order chi connectivity index (χ1) is 14.9. The summed E-state index contributed by atoms with van der Waals surface area (Å²) in [5.74, 6) is -0.700. The maximum absolute atomic E-state index is 13.9. The second-order valence-corrected chi connectivity index (χ2v) is 8.08. The van der Waals surface area contributed by atoms with Crippen molar-refractivity contribution in [1.29, 1.82) is 0 Å². The van der Waals surface area contributed by atoms with E-state index in [1.807, 2.05) is 0 Å². The Morgan fingerprint density at radius 1 is 1.23 bits per heavy atom. The molecule has 0 aliphatic carbocycles. The number of amides is 1. The highest BCUT2D eigenvalue weighted by Gasteiger charge is 2.13. The summed E-state index contributed by atoms with van der Waals surface area (Å²) >= 11 is 9.39. The maximum Gasteiger partial charge on any atom is 0.264 e. The summed E-state index contributed by atoms with van der Waals surface area (Å²) in [6, 6.07) is 11.3. The summed E-state index contributed by atoms with van der Waals surface area (Å²) in [6.07, 6.45) is 2.80. The van der Waals surface area contributed by atoms with Gasteiger partial charge in [-0.2, -0.15) is 5.10 Å². The van der Waals surface area contributed by atoms with Crippen molar-refractivity contribution in [3.05, 3.63) is 91.8 Å². The molecule has 0 radical (unpaired) electrons. The number of benzene rings is 2. The van der Waals surface area contributed by atoms with Gasteiger partial charge in [0.05, 0.1) is 29.9 Å². The maximum atomic E-state index is 13.9. The van der Waals surface area contributed by atoms with Gasteiger partial charge in [0.2, 0.25) is 0 Å². The zero-order chi connectivity index (χ0) is 22.0. The number of aromatic nitrogens is 4. The molecule has 2 aromatic carbocycles. The van der Waals surface area contributed by atoms with Crippen molar-refractivity contribution in [2.24, 2.45) is 0 Å². The van der Waals surface area contributed by atoms with Gasteiger partial charge in [-0.1, -0.05) is 45.7 Å². The molecular weight excluding hydrogens is 489 g/mol. The molecule has 0 saturated heterocycles. The van der Waals surface area contributed by atoms with Gasteiger partial charge in [-0.3, -0.25) is 14.2 Å². The van der Waals surface area contributed by atoms with E-state index in [1.54, 1.807) is 36.4 Å². The predicted molar refractivity (Wildman–Crippen MR) is 119 cm³/mol. The van der Waals surface area contributed by atoms with E-state index in [1.165, 1.54) is 27.8 Å².